The lowest BCUT2D eigenvalue weighted by molar-refractivity contribution is 0.166. The van der Waals surface area contributed by atoms with Crippen molar-refractivity contribution in [3.63, 3.8) is 0 Å². The molecule has 1 N–H and O–H groups in total. The maximum absolute atomic E-state index is 5.52. The van der Waals surface area contributed by atoms with Gasteiger partial charge in [-0.2, -0.15) is 0 Å². The van der Waals surface area contributed by atoms with Crippen LogP contribution in [0, 0.1) is 0 Å². The van der Waals surface area contributed by atoms with Gasteiger partial charge in [0.05, 0.1) is 0 Å². The molecule has 0 bridgehead atoms. The van der Waals surface area contributed by atoms with Gasteiger partial charge in [0.1, 0.15) is 16.3 Å². The van der Waals surface area contributed by atoms with E-state index in [1.165, 1.54) is 6.26 Å². The quantitative estimate of drug-likeness (QED) is 0.586. The summed E-state index contributed by atoms with van der Waals surface area (Å²) in [7, 11) is 0. The van der Waals surface area contributed by atoms with Gasteiger partial charge in [-0.15, -0.1) is 0 Å². The first-order valence-electron chi connectivity index (χ1n) is 2.05. The molecule has 0 saturated carbocycles. The highest BCUT2D eigenvalue weighted by molar-refractivity contribution is 6.47. The number of hydroxylamine groups is 1. The largest absolute Gasteiger partial charge is 0.387 e. The van der Waals surface area contributed by atoms with Crippen LogP contribution in [0.25, 0.3) is 0 Å². The average molecular weight is 186 g/mol. The molecule has 1 aliphatic heterocycles. The van der Waals surface area contributed by atoms with Crippen LogP contribution >= 0.6 is 34.8 Å². The molecule has 1 rings (SSSR count). The molecule has 0 amide bonds. The van der Waals surface area contributed by atoms with E-state index in [0.29, 0.717) is 5.03 Å². The van der Waals surface area contributed by atoms with Gasteiger partial charge in [0.25, 0.3) is 0 Å². The number of hydrogen-bond donors (Lipinski definition) is 1. The molecule has 0 unspecified atom stereocenters. The van der Waals surface area contributed by atoms with Crippen molar-refractivity contribution in [2.45, 2.75) is 0 Å². The Hall–Kier alpha value is -0.0500. The summed E-state index contributed by atoms with van der Waals surface area (Å²) in [6, 6.07) is 0. The minimum absolute atomic E-state index is 0.198. The van der Waals surface area contributed by atoms with Crippen LogP contribution in [-0.4, -0.2) is 0 Å². The minimum Gasteiger partial charge on any atom is -0.387 e. The first-order valence-corrected chi connectivity index (χ1v) is 3.18. The molecule has 2 nitrogen and oxygen atoms in total. The molecule has 0 fully saturated rings. The van der Waals surface area contributed by atoms with Gasteiger partial charge < -0.3 is 4.84 Å². The lowest BCUT2D eigenvalue weighted by Crippen LogP contribution is -2.11. The standard InChI is InChI=1S/C4H2Cl3NO/c5-2-1-9-8-4(7)3(2)6/h1,8H. The highest BCUT2D eigenvalue weighted by atomic mass is 35.5. The maximum atomic E-state index is 5.52. The summed E-state index contributed by atoms with van der Waals surface area (Å²) in [6.07, 6.45) is 1.26. The summed E-state index contributed by atoms with van der Waals surface area (Å²) >= 11 is 16.5. The first kappa shape index (κ1) is 7.06. The van der Waals surface area contributed by atoms with E-state index in [2.05, 4.69) is 10.3 Å². The van der Waals surface area contributed by atoms with Crippen molar-refractivity contribution in [1.29, 1.82) is 0 Å². The Morgan fingerprint density at radius 2 is 2.00 bits per heavy atom. The fourth-order valence-corrected chi connectivity index (χ4v) is 0.751. The van der Waals surface area contributed by atoms with Crippen molar-refractivity contribution in [2.75, 3.05) is 0 Å². The van der Waals surface area contributed by atoms with Gasteiger partial charge in [0, 0.05) is 0 Å². The number of halogens is 3. The average Bonchev–Trinajstić information content (AvgIpc) is 1.83. The van der Waals surface area contributed by atoms with Crippen molar-refractivity contribution in [1.82, 2.24) is 5.48 Å². The summed E-state index contributed by atoms with van der Waals surface area (Å²) in [5, 5.41) is 0.758. The van der Waals surface area contributed by atoms with Crippen molar-refractivity contribution in [3.05, 3.63) is 21.5 Å². The molecule has 9 heavy (non-hydrogen) atoms. The Morgan fingerprint density at radius 3 is 2.44 bits per heavy atom. The van der Waals surface area contributed by atoms with E-state index in [-0.39, 0.29) is 10.2 Å². The second kappa shape index (κ2) is 2.69. The number of nitrogens with one attached hydrogen (secondary N) is 1. The van der Waals surface area contributed by atoms with E-state index in [1.54, 1.807) is 0 Å². The number of rotatable bonds is 0. The molecule has 50 valence electrons. The molecule has 0 atom stereocenters. The molecular formula is C4H2Cl3NO. The van der Waals surface area contributed by atoms with Gasteiger partial charge in [0.2, 0.25) is 0 Å². The van der Waals surface area contributed by atoms with Crippen LogP contribution in [0.4, 0.5) is 0 Å². The monoisotopic (exact) mass is 185 g/mol. The second-order valence-corrected chi connectivity index (χ2v) is 2.48. The lowest BCUT2D eigenvalue weighted by Gasteiger charge is -2.09. The van der Waals surface area contributed by atoms with Gasteiger partial charge in [-0.25, -0.2) is 5.48 Å². The number of hydrogen-bond acceptors (Lipinski definition) is 2. The van der Waals surface area contributed by atoms with Crippen molar-refractivity contribution in [2.24, 2.45) is 0 Å². The number of allylic oxidation sites excluding steroid dienone is 2. The van der Waals surface area contributed by atoms with Crippen molar-refractivity contribution >= 4 is 34.8 Å². The molecule has 0 saturated heterocycles. The predicted octanol–water partition coefficient (Wildman–Crippen LogP) is 2.25. The molecule has 1 heterocycles. The van der Waals surface area contributed by atoms with Crippen LogP contribution in [0.15, 0.2) is 21.5 Å². The molecule has 0 aromatic rings. The van der Waals surface area contributed by atoms with E-state index in [4.69, 9.17) is 34.8 Å². The molecule has 0 radical (unpaired) electrons. The molecule has 0 spiro atoms. The van der Waals surface area contributed by atoms with E-state index >= 15 is 0 Å². The van der Waals surface area contributed by atoms with Crippen molar-refractivity contribution in [3.8, 4) is 0 Å². The van der Waals surface area contributed by atoms with Crippen LogP contribution in [0.3, 0.4) is 0 Å². The van der Waals surface area contributed by atoms with Crippen LogP contribution in [0.5, 0.6) is 0 Å². The highest BCUT2D eigenvalue weighted by Crippen LogP contribution is 2.26. The summed E-state index contributed by atoms with van der Waals surface area (Å²) < 4.78 is 0. The summed E-state index contributed by atoms with van der Waals surface area (Å²) in [6.45, 7) is 0. The first-order chi connectivity index (χ1) is 4.22. The fraction of sp³-hybridized carbons (Fsp3) is 0. The zero-order chi connectivity index (χ0) is 6.85. The molecule has 0 aromatic heterocycles. The fourth-order valence-electron chi connectivity index (χ4n) is 0.334. The van der Waals surface area contributed by atoms with Crippen LogP contribution in [0.1, 0.15) is 0 Å². The van der Waals surface area contributed by atoms with Gasteiger partial charge in [0.15, 0.2) is 5.16 Å². The Balaban J connectivity index is 2.88. The van der Waals surface area contributed by atoms with Crippen molar-refractivity contribution < 1.29 is 4.84 Å². The molecule has 0 aromatic carbocycles. The maximum Gasteiger partial charge on any atom is 0.157 e. The third-order valence-corrected chi connectivity index (χ3v) is 1.84. The van der Waals surface area contributed by atoms with E-state index in [1.807, 2.05) is 0 Å². The lowest BCUT2D eigenvalue weighted by atomic mass is 10.5. The Bertz CT molecular complexity index is 186. The minimum atomic E-state index is 0.198. The topological polar surface area (TPSA) is 21.3 Å². The van der Waals surface area contributed by atoms with Crippen LogP contribution in [0.2, 0.25) is 0 Å². The van der Waals surface area contributed by atoms with Crippen LogP contribution in [-0.2, 0) is 4.84 Å². The van der Waals surface area contributed by atoms with E-state index in [9.17, 15) is 0 Å². The Morgan fingerprint density at radius 1 is 1.33 bits per heavy atom. The smallest absolute Gasteiger partial charge is 0.157 e. The Labute approximate surface area is 67.0 Å². The highest BCUT2D eigenvalue weighted by Gasteiger charge is 2.10. The third kappa shape index (κ3) is 1.45. The molecule has 5 heteroatoms. The van der Waals surface area contributed by atoms with Gasteiger partial charge in [-0.1, -0.05) is 34.8 Å². The molecule has 1 aliphatic rings. The van der Waals surface area contributed by atoms with E-state index in [0.717, 1.165) is 0 Å². The zero-order valence-corrected chi connectivity index (χ0v) is 6.39. The van der Waals surface area contributed by atoms with Gasteiger partial charge >= 0.3 is 0 Å². The summed E-state index contributed by atoms with van der Waals surface area (Å²) in [5.74, 6) is 0. The third-order valence-electron chi connectivity index (χ3n) is 0.713. The SMILES string of the molecule is ClC1=CONC(Cl)=C1Cl. The summed E-state index contributed by atoms with van der Waals surface area (Å²) in [5.41, 5.74) is 2.31. The van der Waals surface area contributed by atoms with Gasteiger partial charge in [-0.05, 0) is 0 Å². The molecular weight excluding hydrogens is 184 g/mol. The molecule has 0 aliphatic carbocycles. The normalized spacial score (nSPS) is 18.3. The zero-order valence-electron chi connectivity index (χ0n) is 4.12. The summed E-state index contributed by atoms with van der Waals surface area (Å²) in [4.78, 5) is 4.55. The second-order valence-electron chi connectivity index (χ2n) is 1.31. The van der Waals surface area contributed by atoms with E-state index < -0.39 is 0 Å². The van der Waals surface area contributed by atoms with Crippen LogP contribution < -0.4 is 5.48 Å². The predicted molar refractivity (Wildman–Crippen MR) is 36.9 cm³/mol. The Kier molecular flexibility index (Phi) is 2.11. The van der Waals surface area contributed by atoms with Gasteiger partial charge in [-0.3, -0.25) is 0 Å².